The second kappa shape index (κ2) is 26.3. The Morgan fingerprint density at radius 1 is 0.189 bits per heavy atom. The van der Waals surface area contributed by atoms with E-state index in [2.05, 4.69) is 194 Å². The molecule has 0 fully saturated rings. The summed E-state index contributed by atoms with van der Waals surface area (Å²) in [7, 11) is 0. The lowest BCUT2D eigenvalue weighted by Crippen LogP contribution is -1.73. The van der Waals surface area contributed by atoms with E-state index >= 15 is 0 Å². The molecule has 8 aromatic carbocycles. The first-order valence-corrected chi connectivity index (χ1v) is 17.3. The first-order chi connectivity index (χ1) is 25.3. The Hall–Kier alpha value is -6.50. The van der Waals surface area contributed by atoms with Crippen molar-refractivity contribution >= 4 is 11.6 Å². The van der Waals surface area contributed by atoms with Gasteiger partial charge in [0.05, 0.1) is 0 Å². The molecular formula is C48H44O4S. The summed E-state index contributed by atoms with van der Waals surface area (Å²) in [6, 6.07) is 83.1. The second-order valence-corrected chi connectivity index (χ2v) is 11.1. The van der Waals surface area contributed by atoms with Crippen molar-refractivity contribution in [1.29, 1.82) is 0 Å². The Balaban J connectivity index is 0.000000235. The Bertz CT molecular complexity index is 1610. The molecule has 0 amide bonds. The summed E-state index contributed by atoms with van der Waals surface area (Å²) in [5, 5.41) is 0. The smallest absolute Gasteiger partial charge is 0.335 e. The quantitative estimate of drug-likeness (QED) is 0.181. The van der Waals surface area contributed by atoms with Crippen LogP contribution in [0.25, 0.3) is 44.5 Å². The van der Waals surface area contributed by atoms with E-state index in [9.17, 15) is 0 Å². The molecule has 0 spiro atoms. The minimum absolute atomic E-state index is 0. The molecule has 5 heteroatoms. The zero-order valence-electron chi connectivity index (χ0n) is 29.3. The molecule has 0 heterocycles. The average molecular weight is 717 g/mol. The van der Waals surface area contributed by atoms with E-state index in [4.69, 9.17) is 8.42 Å². The van der Waals surface area contributed by atoms with Gasteiger partial charge in [-0.1, -0.05) is 243 Å². The maximum absolute atomic E-state index is 8.29. The largest absolute Gasteiger partial charge is 0.412 e. The van der Waals surface area contributed by atoms with Gasteiger partial charge in [-0.2, -0.15) is 8.42 Å². The van der Waals surface area contributed by atoms with Crippen LogP contribution >= 0.6 is 0 Å². The predicted molar refractivity (Wildman–Crippen MR) is 224 cm³/mol. The van der Waals surface area contributed by atoms with Crippen molar-refractivity contribution in [3.8, 4) is 44.5 Å². The zero-order valence-corrected chi connectivity index (χ0v) is 30.1. The summed E-state index contributed by atoms with van der Waals surface area (Å²) in [6.07, 6.45) is 0. The van der Waals surface area contributed by atoms with Crippen molar-refractivity contribution in [2.45, 2.75) is 0 Å². The Labute approximate surface area is 317 Å². The number of benzene rings is 8. The van der Waals surface area contributed by atoms with Gasteiger partial charge in [-0.25, -0.2) is 0 Å². The second-order valence-electron chi connectivity index (χ2n) is 11.0. The SMILES string of the molecule is O.O.O=S=O.c1ccc(-c2ccccc2)cc1.c1ccc(-c2ccccc2)cc1.c1ccc(-c2ccccc2)cc1.c1ccc(-c2ccccc2)cc1. The van der Waals surface area contributed by atoms with E-state index in [1.54, 1.807) is 0 Å². The van der Waals surface area contributed by atoms with E-state index in [-0.39, 0.29) is 11.0 Å². The summed E-state index contributed by atoms with van der Waals surface area (Å²) < 4.78 is 16.6. The van der Waals surface area contributed by atoms with Gasteiger partial charge in [-0.15, -0.1) is 0 Å². The van der Waals surface area contributed by atoms with Crippen LogP contribution in [-0.2, 0) is 11.6 Å². The van der Waals surface area contributed by atoms with E-state index in [0.717, 1.165) is 0 Å². The van der Waals surface area contributed by atoms with Crippen molar-refractivity contribution in [3.63, 3.8) is 0 Å². The fraction of sp³-hybridized carbons (Fsp3) is 0. The van der Waals surface area contributed by atoms with Gasteiger partial charge in [0.25, 0.3) is 0 Å². The molecule has 0 saturated heterocycles. The van der Waals surface area contributed by atoms with Gasteiger partial charge in [0.15, 0.2) is 0 Å². The Morgan fingerprint density at radius 2 is 0.264 bits per heavy atom. The van der Waals surface area contributed by atoms with Crippen LogP contribution in [0.4, 0.5) is 0 Å². The molecule has 4 N–H and O–H groups in total. The molecule has 0 aliphatic rings. The minimum atomic E-state index is -0.750. The van der Waals surface area contributed by atoms with E-state index in [1.165, 1.54) is 44.5 Å². The van der Waals surface area contributed by atoms with Crippen molar-refractivity contribution in [3.05, 3.63) is 243 Å². The van der Waals surface area contributed by atoms with Gasteiger partial charge >= 0.3 is 11.6 Å². The lowest BCUT2D eigenvalue weighted by Gasteiger charge is -1.98. The zero-order chi connectivity index (χ0) is 35.6. The van der Waals surface area contributed by atoms with E-state index in [0.29, 0.717) is 0 Å². The molecule has 0 aromatic heterocycles. The van der Waals surface area contributed by atoms with Crippen LogP contribution in [0.15, 0.2) is 243 Å². The molecule has 0 radical (unpaired) electrons. The molecular weight excluding hydrogens is 673 g/mol. The molecule has 8 aromatic rings. The highest BCUT2D eigenvalue weighted by atomic mass is 32.1. The summed E-state index contributed by atoms with van der Waals surface area (Å²) in [6.45, 7) is 0. The fourth-order valence-electron chi connectivity index (χ4n) is 5.04. The highest BCUT2D eigenvalue weighted by Crippen LogP contribution is 2.20. The molecule has 0 aliphatic heterocycles. The maximum Gasteiger partial charge on any atom is 0.335 e. The summed E-state index contributed by atoms with van der Waals surface area (Å²) in [4.78, 5) is 0. The van der Waals surface area contributed by atoms with Crippen LogP contribution in [0, 0.1) is 0 Å². The van der Waals surface area contributed by atoms with Crippen molar-refractivity contribution in [1.82, 2.24) is 0 Å². The van der Waals surface area contributed by atoms with Crippen LogP contribution in [0.1, 0.15) is 0 Å². The molecule has 0 bridgehead atoms. The standard InChI is InChI=1S/4C12H10.O2S.2H2O/c4*1-3-7-11(8-4-1)12-9-5-2-6-10-12;1-3-2;;/h4*1-10H;;2*1H2. The molecule has 0 atom stereocenters. The number of hydrogen-bond donors (Lipinski definition) is 0. The van der Waals surface area contributed by atoms with Crippen LogP contribution in [0.2, 0.25) is 0 Å². The maximum atomic E-state index is 8.29. The highest BCUT2D eigenvalue weighted by Gasteiger charge is 1.94. The van der Waals surface area contributed by atoms with Gasteiger partial charge in [0, 0.05) is 0 Å². The minimum Gasteiger partial charge on any atom is -0.412 e. The normalized spacial score (nSPS) is 8.98. The molecule has 4 nitrogen and oxygen atoms in total. The summed E-state index contributed by atoms with van der Waals surface area (Å²) >= 11 is -0.750. The van der Waals surface area contributed by atoms with Gasteiger partial charge < -0.3 is 11.0 Å². The van der Waals surface area contributed by atoms with Crippen molar-refractivity contribution < 1.29 is 19.4 Å². The van der Waals surface area contributed by atoms with Gasteiger partial charge in [0.2, 0.25) is 0 Å². The Kier molecular flexibility index (Phi) is 21.2. The first kappa shape index (κ1) is 42.7. The van der Waals surface area contributed by atoms with Crippen LogP contribution in [-0.4, -0.2) is 19.4 Å². The number of rotatable bonds is 4. The van der Waals surface area contributed by atoms with Crippen LogP contribution < -0.4 is 0 Å². The van der Waals surface area contributed by atoms with E-state index in [1.807, 2.05) is 48.5 Å². The summed E-state index contributed by atoms with van der Waals surface area (Å²) in [5.74, 6) is 0. The third kappa shape index (κ3) is 15.9. The van der Waals surface area contributed by atoms with Gasteiger partial charge in [0.1, 0.15) is 0 Å². The molecule has 0 saturated carbocycles. The molecule has 53 heavy (non-hydrogen) atoms. The topological polar surface area (TPSA) is 97.1 Å². The van der Waals surface area contributed by atoms with Gasteiger partial charge in [-0.05, 0) is 44.5 Å². The predicted octanol–water partition coefficient (Wildman–Crippen LogP) is 11.1. The molecule has 0 aliphatic carbocycles. The van der Waals surface area contributed by atoms with Gasteiger partial charge in [-0.3, -0.25) is 0 Å². The van der Waals surface area contributed by atoms with Crippen molar-refractivity contribution in [2.24, 2.45) is 0 Å². The van der Waals surface area contributed by atoms with Crippen molar-refractivity contribution in [2.75, 3.05) is 0 Å². The average Bonchev–Trinajstić information content (AvgIpc) is 3.24. The highest BCUT2D eigenvalue weighted by molar-refractivity contribution is 7.51. The lowest BCUT2D eigenvalue weighted by atomic mass is 10.1. The third-order valence-corrected chi connectivity index (χ3v) is 7.52. The lowest BCUT2D eigenvalue weighted by molar-refractivity contribution is 0.630. The summed E-state index contributed by atoms with van der Waals surface area (Å²) in [5.41, 5.74) is 10.2. The molecule has 0 unspecified atom stereocenters. The molecule has 8 rings (SSSR count). The first-order valence-electron chi connectivity index (χ1n) is 16.6. The fourth-order valence-corrected chi connectivity index (χ4v) is 5.04. The Morgan fingerprint density at radius 3 is 0.340 bits per heavy atom. The molecule has 266 valence electrons. The van der Waals surface area contributed by atoms with Crippen LogP contribution in [0.3, 0.4) is 0 Å². The monoisotopic (exact) mass is 716 g/mol. The van der Waals surface area contributed by atoms with E-state index < -0.39 is 11.6 Å². The van der Waals surface area contributed by atoms with Crippen LogP contribution in [0.5, 0.6) is 0 Å². The number of hydrogen-bond acceptors (Lipinski definition) is 2. The third-order valence-electron chi connectivity index (χ3n) is 7.52.